The van der Waals surface area contributed by atoms with Crippen molar-refractivity contribution in [3.63, 3.8) is 0 Å². The van der Waals surface area contributed by atoms with E-state index in [1.54, 1.807) is 35.7 Å². The number of benzene rings is 1. The number of carbonyl (C=O) groups excluding carboxylic acids is 2. The molecule has 20 heavy (non-hydrogen) atoms. The number of amides is 2. The van der Waals surface area contributed by atoms with Crippen LogP contribution in [0.4, 0.5) is 5.00 Å². The smallest absolute Gasteiger partial charge is 0.256 e. The van der Waals surface area contributed by atoms with Gasteiger partial charge in [0.2, 0.25) is 0 Å². The second-order valence-corrected chi connectivity index (χ2v) is 4.86. The summed E-state index contributed by atoms with van der Waals surface area (Å²) >= 11 is 1.25. The summed E-state index contributed by atoms with van der Waals surface area (Å²) in [7, 11) is 0. The molecule has 0 aliphatic carbocycles. The van der Waals surface area contributed by atoms with E-state index >= 15 is 0 Å². The number of nitrogens with two attached hydrogens (primary N) is 1. The minimum atomic E-state index is -0.562. The third kappa shape index (κ3) is 3.16. The lowest BCUT2D eigenvalue weighted by molar-refractivity contribution is 0.100. The molecule has 0 saturated heterocycles. The van der Waals surface area contributed by atoms with Crippen LogP contribution in [0.25, 0.3) is 0 Å². The van der Waals surface area contributed by atoms with Crippen LogP contribution >= 0.6 is 11.3 Å². The van der Waals surface area contributed by atoms with Gasteiger partial charge in [0.1, 0.15) is 10.8 Å². The quantitative estimate of drug-likeness (QED) is 0.887. The Balaban J connectivity index is 2.11. The first kappa shape index (κ1) is 14.1. The van der Waals surface area contributed by atoms with Gasteiger partial charge in [0, 0.05) is 5.56 Å². The van der Waals surface area contributed by atoms with Crippen LogP contribution in [0.1, 0.15) is 27.6 Å². The van der Waals surface area contributed by atoms with E-state index in [4.69, 9.17) is 10.5 Å². The fourth-order valence-electron chi connectivity index (χ4n) is 1.64. The fourth-order valence-corrected chi connectivity index (χ4v) is 2.43. The van der Waals surface area contributed by atoms with Crippen molar-refractivity contribution >= 4 is 28.2 Å². The van der Waals surface area contributed by atoms with Gasteiger partial charge in [-0.25, -0.2) is 0 Å². The van der Waals surface area contributed by atoms with Crippen LogP contribution in [0.15, 0.2) is 35.7 Å². The summed E-state index contributed by atoms with van der Waals surface area (Å²) in [5.41, 5.74) is 6.02. The van der Waals surface area contributed by atoms with Crippen LogP contribution in [0.5, 0.6) is 5.75 Å². The largest absolute Gasteiger partial charge is 0.494 e. The van der Waals surface area contributed by atoms with Gasteiger partial charge in [-0.2, -0.15) is 0 Å². The highest BCUT2D eigenvalue weighted by atomic mass is 32.1. The number of thiophene rings is 1. The lowest BCUT2D eigenvalue weighted by Gasteiger charge is -2.06. The van der Waals surface area contributed by atoms with Crippen molar-refractivity contribution in [2.45, 2.75) is 6.92 Å². The molecular formula is C14H14N2O3S. The number of hydrogen-bond donors (Lipinski definition) is 2. The highest BCUT2D eigenvalue weighted by Crippen LogP contribution is 2.23. The third-order valence-electron chi connectivity index (χ3n) is 2.59. The summed E-state index contributed by atoms with van der Waals surface area (Å²) in [5, 5.41) is 4.83. The predicted octanol–water partition coefficient (Wildman–Crippen LogP) is 2.50. The summed E-state index contributed by atoms with van der Waals surface area (Å²) in [4.78, 5) is 23.2. The Morgan fingerprint density at radius 3 is 2.55 bits per heavy atom. The first-order chi connectivity index (χ1) is 9.61. The molecule has 0 aliphatic heterocycles. The van der Waals surface area contributed by atoms with E-state index < -0.39 is 5.91 Å². The van der Waals surface area contributed by atoms with E-state index in [0.29, 0.717) is 28.5 Å². The van der Waals surface area contributed by atoms with Gasteiger partial charge in [-0.1, -0.05) is 0 Å². The van der Waals surface area contributed by atoms with Crippen molar-refractivity contribution in [1.82, 2.24) is 0 Å². The molecule has 0 unspecified atom stereocenters. The van der Waals surface area contributed by atoms with Crippen LogP contribution in [0.2, 0.25) is 0 Å². The molecular weight excluding hydrogens is 276 g/mol. The lowest BCUT2D eigenvalue weighted by Crippen LogP contribution is -2.16. The van der Waals surface area contributed by atoms with Gasteiger partial charge in [0.05, 0.1) is 12.2 Å². The summed E-state index contributed by atoms with van der Waals surface area (Å²) in [5.74, 6) is -0.149. The number of hydrogen-bond acceptors (Lipinski definition) is 4. The van der Waals surface area contributed by atoms with Crippen LogP contribution in [-0.4, -0.2) is 18.4 Å². The number of anilines is 1. The number of ether oxygens (including phenoxy) is 1. The molecule has 1 heterocycles. The SMILES string of the molecule is CCOc1ccc(C(=O)Nc2sccc2C(N)=O)cc1. The van der Waals surface area contributed by atoms with Crippen molar-refractivity contribution in [1.29, 1.82) is 0 Å². The predicted molar refractivity (Wildman–Crippen MR) is 78.4 cm³/mol. The fraction of sp³-hybridized carbons (Fsp3) is 0.143. The molecule has 0 radical (unpaired) electrons. The van der Waals surface area contributed by atoms with Gasteiger partial charge in [0.15, 0.2) is 0 Å². The van der Waals surface area contributed by atoms with Gasteiger partial charge in [0.25, 0.3) is 11.8 Å². The lowest BCUT2D eigenvalue weighted by atomic mass is 10.2. The molecule has 1 aromatic heterocycles. The molecule has 0 bridgehead atoms. The van der Waals surface area contributed by atoms with Gasteiger partial charge in [-0.3, -0.25) is 9.59 Å². The van der Waals surface area contributed by atoms with E-state index in [2.05, 4.69) is 5.32 Å². The van der Waals surface area contributed by atoms with Crippen LogP contribution in [0.3, 0.4) is 0 Å². The standard InChI is InChI=1S/C14H14N2O3S/c1-2-19-10-5-3-9(4-6-10)13(18)16-14-11(12(15)17)7-8-20-14/h3-8H,2H2,1H3,(H2,15,17)(H,16,18). The zero-order valence-electron chi connectivity index (χ0n) is 10.9. The van der Waals surface area contributed by atoms with Crippen LogP contribution in [-0.2, 0) is 0 Å². The number of carbonyl (C=O) groups is 2. The maximum atomic E-state index is 12.1. The second kappa shape index (κ2) is 6.21. The normalized spacial score (nSPS) is 10.1. The molecule has 6 heteroatoms. The summed E-state index contributed by atoms with van der Waals surface area (Å²) in [6, 6.07) is 8.36. The van der Waals surface area contributed by atoms with Gasteiger partial charge in [-0.05, 0) is 42.6 Å². The Labute approximate surface area is 120 Å². The number of primary amides is 1. The summed E-state index contributed by atoms with van der Waals surface area (Å²) < 4.78 is 5.31. The molecule has 0 atom stereocenters. The number of rotatable bonds is 5. The topological polar surface area (TPSA) is 81.4 Å². The second-order valence-electron chi connectivity index (χ2n) is 3.94. The van der Waals surface area contributed by atoms with E-state index in [0.717, 1.165) is 0 Å². The average Bonchev–Trinajstić information content (AvgIpc) is 2.88. The Bertz CT molecular complexity index is 620. The van der Waals surface area contributed by atoms with Crippen molar-refractivity contribution in [3.05, 3.63) is 46.8 Å². The highest BCUT2D eigenvalue weighted by Gasteiger charge is 2.13. The van der Waals surface area contributed by atoms with E-state index in [1.165, 1.54) is 11.3 Å². The first-order valence-electron chi connectivity index (χ1n) is 6.03. The van der Waals surface area contributed by atoms with Gasteiger partial charge < -0.3 is 15.8 Å². The minimum Gasteiger partial charge on any atom is -0.494 e. The monoisotopic (exact) mass is 290 g/mol. The zero-order valence-corrected chi connectivity index (χ0v) is 11.7. The molecule has 5 nitrogen and oxygen atoms in total. The maximum Gasteiger partial charge on any atom is 0.256 e. The van der Waals surface area contributed by atoms with E-state index in [-0.39, 0.29) is 5.91 Å². The number of nitrogens with one attached hydrogen (secondary N) is 1. The molecule has 0 fully saturated rings. The van der Waals surface area contributed by atoms with E-state index in [1.807, 2.05) is 6.92 Å². The maximum absolute atomic E-state index is 12.1. The third-order valence-corrected chi connectivity index (χ3v) is 3.42. The van der Waals surface area contributed by atoms with Gasteiger partial charge >= 0.3 is 0 Å². The highest BCUT2D eigenvalue weighted by molar-refractivity contribution is 7.14. The molecule has 0 aliphatic rings. The summed E-state index contributed by atoms with van der Waals surface area (Å²) in [6.45, 7) is 2.46. The Morgan fingerprint density at radius 2 is 1.95 bits per heavy atom. The summed E-state index contributed by atoms with van der Waals surface area (Å²) in [6.07, 6.45) is 0. The van der Waals surface area contributed by atoms with Crippen molar-refractivity contribution < 1.29 is 14.3 Å². The molecule has 0 saturated carbocycles. The molecule has 1 aromatic carbocycles. The first-order valence-corrected chi connectivity index (χ1v) is 6.91. The van der Waals surface area contributed by atoms with Gasteiger partial charge in [-0.15, -0.1) is 11.3 Å². The Kier molecular flexibility index (Phi) is 4.37. The molecule has 2 aromatic rings. The Hall–Kier alpha value is -2.34. The van der Waals surface area contributed by atoms with Crippen molar-refractivity contribution in [3.8, 4) is 5.75 Å². The van der Waals surface area contributed by atoms with Crippen LogP contribution in [0, 0.1) is 0 Å². The minimum absolute atomic E-state index is 0.294. The molecule has 0 spiro atoms. The molecule has 3 N–H and O–H groups in total. The average molecular weight is 290 g/mol. The Morgan fingerprint density at radius 1 is 1.25 bits per heavy atom. The van der Waals surface area contributed by atoms with Crippen LogP contribution < -0.4 is 15.8 Å². The molecule has 2 amide bonds. The van der Waals surface area contributed by atoms with Crippen molar-refractivity contribution in [2.24, 2.45) is 5.73 Å². The molecule has 2 rings (SSSR count). The molecule has 104 valence electrons. The zero-order chi connectivity index (χ0) is 14.5. The van der Waals surface area contributed by atoms with Crippen molar-refractivity contribution in [2.75, 3.05) is 11.9 Å². The van der Waals surface area contributed by atoms with E-state index in [9.17, 15) is 9.59 Å².